The normalized spacial score (nSPS) is 16.8. The number of aromatic hydroxyl groups is 1. The van der Waals surface area contributed by atoms with Crippen molar-refractivity contribution in [3.8, 4) is 5.75 Å². The lowest BCUT2D eigenvalue weighted by Gasteiger charge is -2.37. The summed E-state index contributed by atoms with van der Waals surface area (Å²) in [7, 11) is 0. The van der Waals surface area contributed by atoms with Crippen LogP contribution in [0.4, 0.5) is 4.79 Å². The van der Waals surface area contributed by atoms with Crippen molar-refractivity contribution in [3.63, 3.8) is 0 Å². The predicted octanol–water partition coefficient (Wildman–Crippen LogP) is 3.04. The molecule has 2 aromatic rings. The fourth-order valence-electron chi connectivity index (χ4n) is 2.94. The number of nitrogens with one attached hydrogen (secondary N) is 1. The van der Waals surface area contributed by atoms with Crippen molar-refractivity contribution in [2.75, 3.05) is 26.2 Å². The Morgan fingerprint density at radius 3 is 2.54 bits per heavy atom. The van der Waals surface area contributed by atoms with Crippen LogP contribution in [0.2, 0.25) is 0 Å². The highest BCUT2D eigenvalue weighted by molar-refractivity contribution is 7.07. The number of hydrogen-bond acceptors (Lipinski definition) is 4. The molecule has 1 fully saturated rings. The minimum atomic E-state index is -0.0223. The molecule has 1 aromatic heterocycles. The van der Waals surface area contributed by atoms with Gasteiger partial charge in [0.1, 0.15) is 5.75 Å². The Hall–Kier alpha value is -2.05. The molecule has 0 unspecified atom stereocenters. The number of phenols is 1. The van der Waals surface area contributed by atoms with Gasteiger partial charge in [0.05, 0.1) is 0 Å². The minimum absolute atomic E-state index is 0.0223. The number of amides is 2. The Morgan fingerprint density at radius 2 is 1.92 bits per heavy atom. The molecule has 0 spiro atoms. The maximum Gasteiger partial charge on any atom is 0.317 e. The van der Waals surface area contributed by atoms with E-state index in [9.17, 15) is 9.90 Å². The van der Waals surface area contributed by atoms with Gasteiger partial charge in [-0.15, -0.1) is 0 Å². The maximum absolute atomic E-state index is 12.3. The van der Waals surface area contributed by atoms with E-state index in [4.69, 9.17) is 0 Å². The fraction of sp³-hybridized carbons (Fsp3) is 0.389. The van der Waals surface area contributed by atoms with E-state index in [2.05, 4.69) is 34.0 Å². The van der Waals surface area contributed by atoms with Gasteiger partial charge in [0.2, 0.25) is 0 Å². The fourth-order valence-corrected chi connectivity index (χ4v) is 3.69. The number of benzene rings is 1. The van der Waals surface area contributed by atoms with Crippen molar-refractivity contribution >= 4 is 17.4 Å². The Morgan fingerprint density at radius 1 is 1.21 bits per heavy atom. The first-order valence-corrected chi connectivity index (χ1v) is 9.14. The van der Waals surface area contributed by atoms with E-state index in [0.29, 0.717) is 12.6 Å². The van der Waals surface area contributed by atoms with E-state index in [-0.39, 0.29) is 11.8 Å². The lowest BCUT2D eigenvalue weighted by molar-refractivity contribution is 0.114. The monoisotopic (exact) mass is 345 g/mol. The van der Waals surface area contributed by atoms with Crippen LogP contribution in [0.5, 0.6) is 5.75 Å². The van der Waals surface area contributed by atoms with E-state index < -0.39 is 0 Å². The summed E-state index contributed by atoms with van der Waals surface area (Å²) >= 11 is 1.73. The summed E-state index contributed by atoms with van der Waals surface area (Å²) in [6.45, 7) is 5.98. The maximum atomic E-state index is 12.3. The summed E-state index contributed by atoms with van der Waals surface area (Å²) < 4.78 is 0. The first-order valence-electron chi connectivity index (χ1n) is 8.20. The summed E-state index contributed by atoms with van der Waals surface area (Å²) in [5, 5.41) is 16.5. The van der Waals surface area contributed by atoms with Crippen molar-refractivity contribution in [1.29, 1.82) is 0 Å². The third kappa shape index (κ3) is 4.07. The smallest absolute Gasteiger partial charge is 0.317 e. The van der Waals surface area contributed by atoms with Crippen molar-refractivity contribution in [1.82, 2.24) is 15.1 Å². The molecular weight excluding hydrogens is 322 g/mol. The van der Waals surface area contributed by atoms with Crippen molar-refractivity contribution < 1.29 is 9.90 Å². The van der Waals surface area contributed by atoms with Gasteiger partial charge in [-0.3, -0.25) is 4.90 Å². The van der Waals surface area contributed by atoms with Crippen LogP contribution in [0, 0.1) is 0 Å². The largest absolute Gasteiger partial charge is 0.508 e. The van der Waals surface area contributed by atoms with Crippen molar-refractivity contribution in [3.05, 3.63) is 52.2 Å². The molecule has 0 bridgehead atoms. The number of hydrogen-bond donors (Lipinski definition) is 2. The number of nitrogens with zero attached hydrogens (tertiary/aromatic N) is 2. The molecule has 128 valence electrons. The number of phenolic OH excluding ortho intramolecular Hbond substituents is 1. The van der Waals surface area contributed by atoms with Gasteiger partial charge in [-0.25, -0.2) is 4.79 Å². The van der Waals surface area contributed by atoms with E-state index in [1.807, 2.05) is 17.0 Å². The molecule has 2 N–H and O–H groups in total. The van der Waals surface area contributed by atoms with Crippen LogP contribution in [0.15, 0.2) is 41.1 Å². The Balaban J connectivity index is 1.45. The van der Waals surface area contributed by atoms with Gasteiger partial charge in [0, 0.05) is 38.8 Å². The summed E-state index contributed by atoms with van der Waals surface area (Å²) in [6.07, 6.45) is 0. The Kier molecular flexibility index (Phi) is 5.37. The van der Waals surface area contributed by atoms with E-state index in [0.717, 1.165) is 31.7 Å². The van der Waals surface area contributed by atoms with E-state index >= 15 is 0 Å². The molecule has 1 saturated heterocycles. The summed E-state index contributed by atoms with van der Waals surface area (Å²) in [6, 6.07) is 9.44. The Bertz CT molecular complexity index is 649. The summed E-state index contributed by atoms with van der Waals surface area (Å²) in [5.74, 6) is 0.237. The molecule has 0 radical (unpaired) electrons. The van der Waals surface area contributed by atoms with E-state index in [1.54, 1.807) is 23.5 Å². The third-order valence-electron chi connectivity index (χ3n) is 4.55. The molecule has 2 heterocycles. The molecule has 2 amide bonds. The SMILES string of the molecule is C[C@@H](c1ccsc1)N1CCN(C(=O)NCc2ccc(O)cc2)CC1. The zero-order chi connectivity index (χ0) is 16.9. The quantitative estimate of drug-likeness (QED) is 0.895. The molecule has 1 aromatic carbocycles. The van der Waals surface area contributed by atoms with Crippen LogP contribution in [0.1, 0.15) is 24.1 Å². The average Bonchev–Trinajstić information content (AvgIpc) is 3.15. The number of thiophene rings is 1. The van der Waals surface area contributed by atoms with Gasteiger partial charge in [0.15, 0.2) is 0 Å². The highest BCUT2D eigenvalue weighted by Gasteiger charge is 2.24. The summed E-state index contributed by atoms with van der Waals surface area (Å²) in [4.78, 5) is 16.6. The third-order valence-corrected chi connectivity index (χ3v) is 5.26. The number of piperazine rings is 1. The number of rotatable bonds is 4. The topological polar surface area (TPSA) is 55.8 Å². The number of carbonyl (C=O) groups is 1. The van der Waals surface area contributed by atoms with Crippen LogP contribution in [-0.2, 0) is 6.54 Å². The van der Waals surface area contributed by atoms with Crippen LogP contribution in [-0.4, -0.2) is 47.1 Å². The zero-order valence-corrected chi connectivity index (χ0v) is 14.6. The summed E-state index contributed by atoms with van der Waals surface area (Å²) in [5.41, 5.74) is 2.33. The first-order chi connectivity index (χ1) is 11.6. The van der Waals surface area contributed by atoms with E-state index in [1.165, 1.54) is 5.56 Å². The second kappa shape index (κ2) is 7.68. The van der Waals surface area contributed by atoms with Gasteiger partial charge >= 0.3 is 6.03 Å². The minimum Gasteiger partial charge on any atom is -0.508 e. The zero-order valence-electron chi connectivity index (χ0n) is 13.8. The van der Waals surface area contributed by atoms with Crippen molar-refractivity contribution in [2.24, 2.45) is 0 Å². The second-order valence-corrected chi connectivity index (χ2v) is 6.86. The second-order valence-electron chi connectivity index (χ2n) is 6.08. The molecule has 5 nitrogen and oxygen atoms in total. The predicted molar refractivity (Wildman–Crippen MR) is 96.2 cm³/mol. The highest BCUT2D eigenvalue weighted by atomic mass is 32.1. The lowest BCUT2D eigenvalue weighted by atomic mass is 10.1. The van der Waals surface area contributed by atoms with Gasteiger partial charge < -0.3 is 15.3 Å². The molecule has 0 aliphatic carbocycles. The molecule has 0 saturated carbocycles. The molecule has 1 atom stereocenters. The molecule has 24 heavy (non-hydrogen) atoms. The van der Waals surface area contributed by atoms with Crippen LogP contribution in [0.3, 0.4) is 0 Å². The van der Waals surface area contributed by atoms with Crippen LogP contribution >= 0.6 is 11.3 Å². The molecule has 1 aliphatic rings. The van der Waals surface area contributed by atoms with Gasteiger partial charge in [0.25, 0.3) is 0 Å². The molecular formula is C18H23N3O2S. The molecule has 1 aliphatic heterocycles. The Labute approximate surface area is 146 Å². The van der Waals surface area contributed by atoms with Gasteiger partial charge in [-0.05, 0) is 47.0 Å². The lowest BCUT2D eigenvalue weighted by Crippen LogP contribution is -2.52. The number of carbonyl (C=O) groups excluding carboxylic acids is 1. The molecule has 3 rings (SSSR count). The van der Waals surface area contributed by atoms with Gasteiger partial charge in [-0.1, -0.05) is 12.1 Å². The van der Waals surface area contributed by atoms with Crippen molar-refractivity contribution in [2.45, 2.75) is 19.5 Å². The number of urea groups is 1. The van der Waals surface area contributed by atoms with Gasteiger partial charge in [-0.2, -0.15) is 11.3 Å². The first kappa shape index (κ1) is 16.8. The van der Waals surface area contributed by atoms with Crippen LogP contribution in [0.25, 0.3) is 0 Å². The standard InChI is InChI=1S/C18H23N3O2S/c1-14(16-6-11-24-13-16)20-7-9-21(10-8-20)18(23)19-12-15-2-4-17(22)5-3-15/h2-6,11,13-14,22H,7-10,12H2,1H3,(H,19,23)/t14-/m0/s1. The highest BCUT2D eigenvalue weighted by Crippen LogP contribution is 2.23. The van der Waals surface area contributed by atoms with Crippen LogP contribution < -0.4 is 5.32 Å². The molecule has 6 heteroatoms. The average molecular weight is 345 g/mol.